The molecular formula is C13H15N3O3. The first-order chi connectivity index (χ1) is 8.87. The third-order valence-electron chi connectivity index (χ3n) is 2.57. The van der Waals surface area contributed by atoms with Gasteiger partial charge in [0.1, 0.15) is 12.1 Å². The van der Waals surface area contributed by atoms with Gasteiger partial charge in [0.25, 0.3) is 0 Å². The molecule has 0 amide bonds. The first-order valence-electron chi connectivity index (χ1n) is 5.81. The normalized spacial score (nSPS) is 11.5. The van der Waals surface area contributed by atoms with E-state index in [0.29, 0.717) is 17.9 Å². The van der Waals surface area contributed by atoms with E-state index < -0.39 is 11.6 Å². The number of nitrogens with one attached hydrogen (secondary N) is 1. The standard InChI is InChI=1S/C13H15N3O3/c1-13(2,19)6-14-11-9-4-3-8(12(17)18)5-10(9)15-7-16-11/h3-5,7,19H,6H2,1-2H3,(H,17,18)(H,14,15,16). The van der Waals surface area contributed by atoms with E-state index in [1.165, 1.54) is 18.5 Å². The van der Waals surface area contributed by atoms with Gasteiger partial charge in [-0.05, 0) is 32.0 Å². The fourth-order valence-electron chi connectivity index (χ4n) is 1.63. The van der Waals surface area contributed by atoms with Crippen molar-refractivity contribution in [3.63, 3.8) is 0 Å². The molecule has 1 aromatic carbocycles. The summed E-state index contributed by atoms with van der Waals surface area (Å²) in [5.41, 5.74) is -0.133. The van der Waals surface area contributed by atoms with Crippen LogP contribution in [-0.2, 0) is 0 Å². The Hall–Kier alpha value is -2.21. The Bertz CT molecular complexity index is 620. The Kier molecular flexibility index (Phi) is 3.35. The third-order valence-corrected chi connectivity index (χ3v) is 2.57. The summed E-state index contributed by atoms with van der Waals surface area (Å²) in [6, 6.07) is 4.66. The maximum Gasteiger partial charge on any atom is 0.335 e. The lowest BCUT2D eigenvalue weighted by atomic mass is 10.1. The number of hydrogen-bond acceptors (Lipinski definition) is 5. The molecule has 2 rings (SSSR count). The summed E-state index contributed by atoms with van der Waals surface area (Å²) in [5, 5.41) is 22.4. The van der Waals surface area contributed by atoms with Crippen LogP contribution in [0.3, 0.4) is 0 Å². The molecular weight excluding hydrogens is 246 g/mol. The molecule has 0 spiro atoms. The first kappa shape index (κ1) is 13.2. The summed E-state index contributed by atoms with van der Waals surface area (Å²) in [6.45, 7) is 3.71. The number of rotatable bonds is 4. The Morgan fingerprint density at radius 3 is 2.74 bits per heavy atom. The number of aromatic carboxylic acids is 1. The zero-order chi connectivity index (χ0) is 14.0. The number of benzene rings is 1. The van der Waals surface area contributed by atoms with Crippen molar-refractivity contribution in [2.24, 2.45) is 0 Å². The van der Waals surface area contributed by atoms with Gasteiger partial charge in [0, 0.05) is 11.9 Å². The maximum absolute atomic E-state index is 10.9. The van der Waals surface area contributed by atoms with E-state index >= 15 is 0 Å². The molecule has 0 aliphatic heterocycles. The first-order valence-corrected chi connectivity index (χ1v) is 5.81. The maximum atomic E-state index is 10.9. The molecule has 0 saturated carbocycles. The lowest BCUT2D eigenvalue weighted by Crippen LogP contribution is -2.29. The van der Waals surface area contributed by atoms with Crippen molar-refractivity contribution in [1.29, 1.82) is 0 Å². The van der Waals surface area contributed by atoms with Crippen LogP contribution in [0.2, 0.25) is 0 Å². The predicted octanol–water partition coefficient (Wildman–Crippen LogP) is 1.51. The predicted molar refractivity (Wildman–Crippen MR) is 71.3 cm³/mol. The molecule has 19 heavy (non-hydrogen) atoms. The number of anilines is 1. The fraction of sp³-hybridized carbons (Fsp3) is 0.308. The van der Waals surface area contributed by atoms with Crippen LogP contribution in [-0.4, -0.2) is 38.3 Å². The van der Waals surface area contributed by atoms with Crippen LogP contribution in [0.25, 0.3) is 10.9 Å². The van der Waals surface area contributed by atoms with Gasteiger partial charge in [-0.3, -0.25) is 0 Å². The summed E-state index contributed by atoms with van der Waals surface area (Å²) in [7, 11) is 0. The van der Waals surface area contributed by atoms with Gasteiger partial charge < -0.3 is 15.5 Å². The van der Waals surface area contributed by atoms with Crippen LogP contribution >= 0.6 is 0 Å². The highest BCUT2D eigenvalue weighted by Crippen LogP contribution is 2.21. The molecule has 1 heterocycles. The molecule has 0 unspecified atom stereocenters. The highest BCUT2D eigenvalue weighted by Gasteiger charge is 2.14. The Morgan fingerprint density at radius 1 is 1.37 bits per heavy atom. The minimum absolute atomic E-state index is 0.180. The lowest BCUT2D eigenvalue weighted by molar-refractivity contribution is 0.0697. The molecule has 3 N–H and O–H groups in total. The summed E-state index contributed by atoms with van der Waals surface area (Å²) in [5.74, 6) is -0.421. The van der Waals surface area contributed by atoms with Gasteiger partial charge in [-0.2, -0.15) is 0 Å². The minimum Gasteiger partial charge on any atom is -0.478 e. The van der Waals surface area contributed by atoms with E-state index in [2.05, 4.69) is 15.3 Å². The number of hydrogen-bond donors (Lipinski definition) is 3. The molecule has 1 aromatic heterocycles. The second-order valence-corrected chi connectivity index (χ2v) is 4.93. The summed E-state index contributed by atoms with van der Waals surface area (Å²) < 4.78 is 0. The van der Waals surface area contributed by atoms with E-state index in [0.717, 1.165) is 5.39 Å². The highest BCUT2D eigenvalue weighted by molar-refractivity contribution is 5.96. The number of fused-ring (bicyclic) bond motifs is 1. The zero-order valence-corrected chi connectivity index (χ0v) is 10.7. The number of aliphatic hydroxyl groups is 1. The Morgan fingerprint density at radius 2 is 2.11 bits per heavy atom. The quantitative estimate of drug-likeness (QED) is 0.772. The largest absolute Gasteiger partial charge is 0.478 e. The van der Waals surface area contributed by atoms with Gasteiger partial charge in [-0.1, -0.05) is 0 Å². The Balaban J connectivity index is 2.38. The van der Waals surface area contributed by atoms with E-state index in [9.17, 15) is 9.90 Å². The van der Waals surface area contributed by atoms with E-state index in [4.69, 9.17) is 5.11 Å². The lowest BCUT2D eigenvalue weighted by Gasteiger charge is -2.18. The van der Waals surface area contributed by atoms with Crippen molar-refractivity contribution in [3.05, 3.63) is 30.1 Å². The fourth-order valence-corrected chi connectivity index (χ4v) is 1.63. The van der Waals surface area contributed by atoms with Crippen molar-refractivity contribution in [2.75, 3.05) is 11.9 Å². The summed E-state index contributed by atoms with van der Waals surface area (Å²) in [4.78, 5) is 19.1. The van der Waals surface area contributed by atoms with E-state index in [-0.39, 0.29) is 5.56 Å². The van der Waals surface area contributed by atoms with Crippen LogP contribution in [0.4, 0.5) is 5.82 Å². The van der Waals surface area contributed by atoms with Gasteiger partial charge in [-0.15, -0.1) is 0 Å². The summed E-state index contributed by atoms with van der Waals surface area (Å²) in [6.07, 6.45) is 1.36. The van der Waals surface area contributed by atoms with Crippen LogP contribution in [0.5, 0.6) is 0 Å². The number of carbonyl (C=O) groups is 1. The van der Waals surface area contributed by atoms with Gasteiger partial charge in [-0.25, -0.2) is 14.8 Å². The van der Waals surface area contributed by atoms with Gasteiger partial charge in [0.2, 0.25) is 0 Å². The number of nitrogens with zero attached hydrogens (tertiary/aromatic N) is 2. The van der Waals surface area contributed by atoms with Crippen molar-refractivity contribution < 1.29 is 15.0 Å². The van der Waals surface area contributed by atoms with Gasteiger partial charge in [0.05, 0.1) is 16.7 Å². The monoisotopic (exact) mass is 261 g/mol. The SMILES string of the molecule is CC(C)(O)CNc1ncnc2cc(C(=O)O)ccc12. The third kappa shape index (κ3) is 3.17. The van der Waals surface area contributed by atoms with Crippen molar-refractivity contribution in [2.45, 2.75) is 19.4 Å². The average molecular weight is 261 g/mol. The molecule has 6 heteroatoms. The molecule has 0 radical (unpaired) electrons. The molecule has 0 bridgehead atoms. The van der Waals surface area contributed by atoms with Crippen molar-refractivity contribution >= 4 is 22.7 Å². The highest BCUT2D eigenvalue weighted by atomic mass is 16.4. The molecule has 0 aliphatic rings. The van der Waals surface area contributed by atoms with Crippen LogP contribution < -0.4 is 5.32 Å². The van der Waals surface area contributed by atoms with Crippen LogP contribution in [0.15, 0.2) is 24.5 Å². The zero-order valence-electron chi connectivity index (χ0n) is 10.7. The minimum atomic E-state index is -0.994. The molecule has 100 valence electrons. The molecule has 2 aromatic rings. The summed E-state index contributed by atoms with van der Waals surface area (Å²) >= 11 is 0. The number of carboxylic acid groups (broad SMARTS) is 1. The topological polar surface area (TPSA) is 95.3 Å². The number of aromatic nitrogens is 2. The smallest absolute Gasteiger partial charge is 0.335 e. The van der Waals surface area contributed by atoms with Crippen LogP contribution in [0, 0.1) is 0 Å². The molecule has 0 saturated heterocycles. The molecule has 6 nitrogen and oxygen atoms in total. The average Bonchev–Trinajstić information content (AvgIpc) is 2.34. The molecule has 0 aliphatic carbocycles. The van der Waals surface area contributed by atoms with E-state index in [1.807, 2.05) is 0 Å². The van der Waals surface area contributed by atoms with Gasteiger partial charge >= 0.3 is 5.97 Å². The molecule has 0 fully saturated rings. The van der Waals surface area contributed by atoms with Crippen LogP contribution in [0.1, 0.15) is 24.2 Å². The molecule has 0 atom stereocenters. The second kappa shape index (κ2) is 4.81. The Labute approximate surface area is 110 Å². The van der Waals surface area contributed by atoms with E-state index in [1.54, 1.807) is 19.9 Å². The van der Waals surface area contributed by atoms with Crippen molar-refractivity contribution in [1.82, 2.24) is 9.97 Å². The second-order valence-electron chi connectivity index (χ2n) is 4.93. The van der Waals surface area contributed by atoms with Gasteiger partial charge in [0.15, 0.2) is 0 Å². The van der Waals surface area contributed by atoms with Crippen molar-refractivity contribution in [3.8, 4) is 0 Å². The number of carboxylic acids is 1.